The third kappa shape index (κ3) is 5.72. The van der Waals surface area contributed by atoms with E-state index in [1.54, 1.807) is 6.33 Å². The molecule has 2 saturated carbocycles. The minimum Gasteiger partial charge on any atom is -0.387 e. The maximum absolute atomic E-state index is 14.4. The van der Waals surface area contributed by atoms with Crippen molar-refractivity contribution in [3.05, 3.63) is 87.6 Å². The number of amidine groups is 1. The maximum Gasteiger partial charge on any atom is 0.304 e. The predicted molar refractivity (Wildman–Crippen MR) is 173 cm³/mol. The molecule has 4 aromatic rings. The number of nitrogens with one attached hydrogen (secondary N) is 1. The van der Waals surface area contributed by atoms with E-state index in [1.165, 1.54) is 0 Å². The molecule has 2 aromatic heterocycles. The number of aliphatic hydroxyl groups excluding tert-OH is 1. The summed E-state index contributed by atoms with van der Waals surface area (Å²) >= 11 is 0. The molecule has 0 spiro atoms. The summed E-state index contributed by atoms with van der Waals surface area (Å²) in [7, 11) is 0. The van der Waals surface area contributed by atoms with Crippen molar-refractivity contribution in [3.8, 4) is 11.1 Å². The molecule has 2 aromatic carbocycles. The summed E-state index contributed by atoms with van der Waals surface area (Å²) in [6.45, 7) is 4.10. The number of aryl methyl sites for hydroxylation is 1. The van der Waals surface area contributed by atoms with E-state index in [9.17, 15) is 15.0 Å². The lowest BCUT2D eigenvalue weighted by molar-refractivity contribution is -0.167. The Morgan fingerprint density at radius 3 is 2.48 bits per heavy atom. The molecule has 2 unspecified atom stereocenters. The number of oxime groups is 1. The van der Waals surface area contributed by atoms with Gasteiger partial charge in [0.25, 0.3) is 5.56 Å². The van der Waals surface area contributed by atoms with E-state index in [2.05, 4.69) is 51.7 Å². The van der Waals surface area contributed by atoms with E-state index >= 15 is 0 Å². The third-order valence-electron chi connectivity index (χ3n) is 10.0. The molecule has 46 heavy (non-hydrogen) atoms. The smallest absolute Gasteiger partial charge is 0.304 e. The lowest BCUT2D eigenvalue weighted by Gasteiger charge is -2.43. The zero-order chi connectivity index (χ0) is 31.8. The van der Waals surface area contributed by atoms with Crippen LogP contribution in [0.15, 0.2) is 64.8 Å². The highest BCUT2D eigenvalue weighted by atomic mass is 16.7. The summed E-state index contributed by atoms with van der Waals surface area (Å²) in [6.07, 6.45) is 8.32. The number of aromatic nitrogens is 4. The van der Waals surface area contributed by atoms with Gasteiger partial charge in [0.2, 0.25) is 5.78 Å². The highest BCUT2D eigenvalue weighted by Crippen LogP contribution is 2.39. The lowest BCUT2D eigenvalue weighted by Crippen LogP contribution is -2.49. The van der Waals surface area contributed by atoms with Crippen LogP contribution in [-0.4, -0.2) is 59.4 Å². The van der Waals surface area contributed by atoms with Gasteiger partial charge in [0.1, 0.15) is 6.33 Å². The predicted octanol–water partition coefficient (Wildman–Crippen LogP) is 4.46. The van der Waals surface area contributed by atoms with E-state index in [0.29, 0.717) is 18.0 Å². The van der Waals surface area contributed by atoms with Crippen LogP contribution in [0.25, 0.3) is 16.9 Å². The Bertz CT molecular complexity index is 1790. The van der Waals surface area contributed by atoms with Crippen LogP contribution in [0.4, 0.5) is 0 Å². The van der Waals surface area contributed by atoms with E-state index in [4.69, 9.17) is 9.57 Å². The molecule has 7 rings (SSSR count). The Balaban J connectivity index is 1.15. The first-order valence-electron chi connectivity index (χ1n) is 16.6. The normalized spacial score (nSPS) is 23.0. The summed E-state index contributed by atoms with van der Waals surface area (Å²) in [4.78, 5) is 23.9. The summed E-state index contributed by atoms with van der Waals surface area (Å²) in [6, 6.07) is 16.0. The fraction of sp³-hybridized carbons (Fsp3) is 0.486. The van der Waals surface area contributed by atoms with E-state index < -0.39 is 12.0 Å². The van der Waals surface area contributed by atoms with Crippen LogP contribution in [0.2, 0.25) is 0 Å². The molecule has 11 heteroatoms. The molecule has 3 N–H and O–H groups in total. The van der Waals surface area contributed by atoms with Gasteiger partial charge in [-0.3, -0.25) is 9.36 Å². The number of benzene rings is 2. The molecular formula is C35H42N6O5. The minimum atomic E-state index is -1.16. The second-order valence-corrected chi connectivity index (χ2v) is 12.9. The summed E-state index contributed by atoms with van der Waals surface area (Å²) < 4.78 is 10.1. The largest absolute Gasteiger partial charge is 0.387 e. The van der Waals surface area contributed by atoms with Crippen molar-refractivity contribution in [2.45, 2.75) is 108 Å². The second kappa shape index (κ2) is 12.6. The number of nitrogens with zero attached hydrogens (tertiary/aromatic N) is 5. The number of hydrogen-bond donors (Lipinski definition) is 3. The van der Waals surface area contributed by atoms with Crippen LogP contribution in [0.5, 0.6) is 0 Å². The van der Waals surface area contributed by atoms with E-state index in [1.807, 2.05) is 40.3 Å². The van der Waals surface area contributed by atoms with Crippen LogP contribution >= 0.6 is 0 Å². The molecule has 0 bridgehead atoms. The highest BCUT2D eigenvalue weighted by Gasteiger charge is 2.42. The zero-order valence-electron chi connectivity index (χ0n) is 26.4. The van der Waals surface area contributed by atoms with Crippen LogP contribution < -0.4 is 10.9 Å². The quantitative estimate of drug-likeness (QED) is 0.235. The average molecular weight is 627 g/mol. The Hall–Kier alpha value is -4.06. The van der Waals surface area contributed by atoms with Gasteiger partial charge >= 0.3 is 6.41 Å². The number of hydrogen-bond acceptors (Lipinski definition) is 9. The van der Waals surface area contributed by atoms with Gasteiger partial charge in [0, 0.05) is 23.6 Å². The monoisotopic (exact) mass is 626 g/mol. The van der Waals surface area contributed by atoms with Gasteiger partial charge in [-0.25, -0.2) is 4.52 Å². The van der Waals surface area contributed by atoms with Crippen molar-refractivity contribution in [2.75, 3.05) is 0 Å². The van der Waals surface area contributed by atoms with Gasteiger partial charge < -0.3 is 25.1 Å². The molecule has 0 amide bonds. The van der Waals surface area contributed by atoms with Crippen molar-refractivity contribution in [1.82, 2.24) is 24.5 Å². The number of rotatable bonds is 10. The van der Waals surface area contributed by atoms with Crippen molar-refractivity contribution in [3.63, 3.8) is 0 Å². The highest BCUT2D eigenvalue weighted by molar-refractivity contribution is 6.04. The number of fused-ring (bicyclic) bond motifs is 1. The van der Waals surface area contributed by atoms with Gasteiger partial charge in [-0.05, 0) is 75.0 Å². The van der Waals surface area contributed by atoms with Crippen molar-refractivity contribution in [2.24, 2.45) is 5.16 Å². The van der Waals surface area contributed by atoms with Gasteiger partial charge in [0.15, 0.2) is 5.84 Å². The fourth-order valence-electron chi connectivity index (χ4n) is 7.23. The molecule has 3 heterocycles. The first-order valence-corrected chi connectivity index (χ1v) is 16.6. The van der Waals surface area contributed by atoms with Crippen molar-refractivity contribution >= 4 is 11.6 Å². The first kappa shape index (κ1) is 30.6. The number of aliphatic hydroxyl groups is 2. The summed E-state index contributed by atoms with van der Waals surface area (Å²) in [5, 5.41) is 31.8. The van der Waals surface area contributed by atoms with E-state index in [0.717, 1.165) is 91.3 Å². The Morgan fingerprint density at radius 1 is 1.09 bits per heavy atom. The molecule has 2 atom stereocenters. The molecule has 0 radical (unpaired) electrons. The van der Waals surface area contributed by atoms with Gasteiger partial charge in [-0.1, -0.05) is 67.0 Å². The maximum atomic E-state index is 14.4. The minimum absolute atomic E-state index is 0.00349. The molecule has 3 aliphatic rings. The first-order chi connectivity index (χ1) is 22.3. The third-order valence-corrected chi connectivity index (χ3v) is 10.0. The fourth-order valence-corrected chi connectivity index (χ4v) is 7.23. The molecule has 2 fully saturated rings. The standard InChI is InChI=1S/C35H42N6O5/c1-3-7-30-29(20-23-10-12-24(13-11-23)27-8-4-5-9-28(27)31-38-34(43)46-39-31)32(42)40(33-36-21-37-41(30)33)25-14-16-26(17-15-25)45-22(2)35(44)18-6-19-35/h4-5,8-13,21-22,25-26,34,43-44H,3,6-7,14-20H2,1-2H3,(H,38,39)/t22?,25-,26-,34?. The zero-order valence-corrected chi connectivity index (χ0v) is 26.4. The molecule has 0 saturated heterocycles. The summed E-state index contributed by atoms with van der Waals surface area (Å²) in [5.74, 6) is 1.08. The topological polar surface area (TPSA) is 136 Å². The van der Waals surface area contributed by atoms with Crippen LogP contribution in [0.1, 0.15) is 93.6 Å². The number of ether oxygens (including phenoxy) is 1. The van der Waals surface area contributed by atoms with Crippen LogP contribution in [-0.2, 0) is 22.4 Å². The summed E-state index contributed by atoms with van der Waals surface area (Å²) in [5.41, 5.74) is 4.77. The molecule has 11 nitrogen and oxygen atoms in total. The molecular weight excluding hydrogens is 584 g/mol. The lowest BCUT2D eigenvalue weighted by atomic mass is 9.76. The Kier molecular flexibility index (Phi) is 8.39. The van der Waals surface area contributed by atoms with Gasteiger partial charge in [0.05, 0.1) is 23.5 Å². The Morgan fingerprint density at radius 2 is 1.83 bits per heavy atom. The van der Waals surface area contributed by atoms with E-state index in [-0.39, 0.29) is 23.8 Å². The Labute approximate surface area is 267 Å². The average Bonchev–Trinajstić information content (AvgIpc) is 3.72. The van der Waals surface area contributed by atoms with Crippen molar-refractivity contribution < 1.29 is 19.8 Å². The van der Waals surface area contributed by atoms with Crippen molar-refractivity contribution in [1.29, 1.82) is 0 Å². The molecule has 242 valence electrons. The van der Waals surface area contributed by atoms with Crippen LogP contribution in [0.3, 0.4) is 0 Å². The van der Waals surface area contributed by atoms with Crippen LogP contribution in [0, 0.1) is 0 Å². The molecule has 2 aliphatic carbocycles. The molecule has 1 aliphatic heterocycles. The van der Waals surface area contributed by atoms with Gasteiger partial charge in [-0.15, -0.1) is 0 Å². The second-order valence-electron chi connectivity index (χ2n) is 12.9. The SMILES string of the molecule is CCCc1c(Cc2ccc(-c3ccccc3C3=NOC(O)N3)cc2)c(=O)n([C@H]2CC[C@H](OC(C)C3(O)CCC3)CC2)c2ncnn12. The van der Waals surface area contributed by atoms with Gasteiger partial charge in [-0.2, -0.15) is 10.1 Å².